The SMILES string of the molecule is CO[C@@H]1C[C@@H](c2nc(C3CC3)n[nH]2)N(S(=O)(=O)CC(C)(C)C)C1. The van der Waals surface area contributed by atoms with Gasteiger partial charge >= 0.3 is 0 Å². The Kier molecular flexibility index (Phi) is 4.27. The summed E-state index contributed by atoms with van der Waals surface area (Å²) in [5.74, 6) is 2.01. The molecule has 0 aromatic carbocycles. The highest BCUT2D eigenvalue weighted by Gasteiger charge is 2.43. The number of nitrogens with zero attached hydrogens (tertiary/aromatic N) is 3. The first-order chi connectivity index (χ1) is 10.7. The van der Waals surface area contributed by atoms with Crippen molar-refractivity contribution in [3.63, 3.8) is 0 Å². The minimum atomic E-state index is -3.39. The van der Waals surface area contributed by atoms with E-state index < -0.39 is 10.0 Å². The molecule has 130 valence electrons. The van der Waals surface area contributed by atoms with E-state index in [4.69, 9.17) is 4.74 Å². The van der Waals surface area contributed by atoms with Crippen molar-refractivity contribution in [3.8, 4) is 0 Å². The second kappa shape index (κ2) is 5.82. The number of H-pyrrole nitrogens is 1. The van der Waals surface area contributed by atoms with Gasteiger partial charge in [-0.2, -0.15) is 9.40 Å². The summed E-state index contributed by atoms with van der Waals surface area (Å²) in [7, 11) is -1.77. The second-order valence-electron chi connectivity index (χ2n) is 7.85. The predicted molar refractivity (Wildman–Crippen MR) is 86.5 cm³/mol. The topological polar surface area (TPSA) is 88.2 Å². The van der Waals surface area contributed by atoms with E-state index in [9.17, 15) is 8.42 Å². The number of aromatic nitrogens is 3. The fraction of sp³-hybridized carbons (Fsp3) is 0.867. The molecule has 3 rings (SSSR count). The quantitative estimate of drug-likeness (QED) is 0.882. The van der Waals surface area contributed by atoms with Crippen LogP contribution in [0.25, 0.3) is 0 Å². The third kappa shape index (κ3) is 3.75. The van der Waals surface area contributed by atoms with Gasteiger partial charge in [0.25, 0.3) is 0 Å². The van der Waals surface area contributed by atoms with Crippen molar-refractivity contribution >= 4 is 10.0 Å². The van der Waals surface area contributed by atoms with E-state index in [-0.39, 0.29) is 23.3 Å². The highest BCUT2D eigenvalue weighted by atomic mass is 32.2. The summed E-state index contributed by atoms with van der Waals surface area (Å²) in [5, 5.41) is 7.22. The van der Waals surface area contributed by atoms with Crippen molar-refractivity contribution in [1.82, 2.24) is 19.5 Å². The first kappa shape index (κ1) is 16.9. The molecular formula is C15H26N4O3S. The van der Waals surface area contributed by atoms with Gasteiger partial charge in [-0.05, 0) is 24.7 Å². The Morgan fingerprint density at radius 3 is 2.61 bits per heavy atom. The fourth-order valence-electron chi connectivity index (χ4n) is 3.09. The summed E-state index contributed by atoms with van der Waals surface area (Å²) >= 11 is 0. The Bertz CT molecular complexity index is 661. The Morgan fingerprint density at radius 2 is 2.04 bits per heavy atom. The zero-order chi connectivity index (χ0) is 16.8. The Balaban J connectivity index is 1.86. The van der Waals surface area contributed by atoms with Crippen molar-refractivity contribution in [2.75, 3.05) is 19.4 Å². The highest BCUT2D eigenvalue weighted by Crippen LogP contribution is 2.40. The van der Waals surface area contributed by atoms with Crippen molar-refractivity contribution in [2.45, 2.75) is 58.1 Å². The molecule has 1 aromatic heterocycles. The van der Waals surface area contributed by atoms with Gasteiger partial charge in [-0.25, -0.2) is 13.4 Å². The molecule has 7 nitrogen and oxygen atoms in total. The number of hydrogen-bond acceptors (Lipinski definition) is 5. The first-order valence-electron chi connectivity index (χ1n) is 8.14. The van der Waals surface area contributed by atoms with Crippen LogP contribution in [0.15, 0.2) is 0 Å². The Morgan fingerprint density at radius 1 is 1.35 bits per heavy atom. The van der Waals surface area contributed by atoms with E-state index in [1.165, 1.54) is 0 Å². The lowest BCUT2D eigenvalue weighted by Crippen LogP contribution is -2.37. The molecule has 0 spiro atoms. The van der Waals surface area contributed by atoms with Gasteiger partial charge in [0, 0.05) is 19.6 Å². The lowest BCUT2D eigenvalue weighted by molar-refractivity contribution is 0.114. The molecule has 2 atom stereocenters. The molecule has 1 aliphatic carbocycles. The van der Waals surface area contributed by atoms with Gasteiger partial charge < -0.3 is 4.74 Å². The number of ether oxygens (including phenoxy) is 1. The van der Waals surface area contributed by atoms with Crippen LogP contribution in [0, 0.1) is 5.41 Å². The minimum Gasteiger partial charge on any atom is -0.380 e. The van der Waals surface area contributed by atoms with Crippen LogP contribution in [-0.2, 0) is 14.8 Å². The molecule has 2 aliphatic rings. The van der Waals surface area contributed by atoms with E-state index in [1.54, 1.807) is 11.4 Å². The van der Waals surface area contributed by atoms with Crippen LogP contribution < -0.4 is 0 Å². The zero-order valence-corrected chi connectivity index (χ0v) is 15.1. The summed E-state index contributed by atoms with van der Waals surface area (Å²) in [6, 6.07) is -0.313. The molecule has 0 radical (unpaired) electrons. The Hall–Kier alpha value is -0.990. The summed E-state index contributed by atoms with van der Waals surface area (Å²) in [6.45, 7) is 6.17. The monoisotopic (exact) mass is 342 g/mol. The molecular weight excluding hydrogens is 316 g/mol. The first-order valence-corrected chi connectivity index (χ1v) is 9.75. The maximum absolute atomic E-state index is 12.9. The van der Waals surface area contributed by atoms with Crippen LogP contribution in [-0.4, -0.2) is 53.4 Å². The van der Waals surface area contributed by atoms with Crippen LogP contribution in [0.4, 0.5) is 0 Å². The van der Waals surface area contributed by atoms with Crippen molar-refractivity contribution in [1.29, 1.82) is 0 Å². The van der Waals surface area contributed by atoms with E-state index in [1.807, 2.05) is 20.8 Å². The number of rotatable bonds is 5. The Labute approximate surface area is 137 Å². The summed E-state index contributed by atoms with van der Waals surface area (Å²) < 4.78 is 32.7. The lowest BCUT2D eigenvalue weighted by Gasteiger charge is -2.26. The van der Waals surface area contributed by atoms with Gasteiger partial charge in [-0.3, -0.25) is 5.10 Å². The van der Waals surface area contributed by atoms with Crippen LogP contribution in [0.3, 0.4) is 0 Å². The predicted octanol–water partition coefficient (Wildman–Crippen LogP) is 1.82. The molecule has 1 N–H and O–H groups in total. The van der Waals surface area contributed by atoms with Gasteiger partial charge in [-0.15, -0.1) is 0 Å². The molecule has 1 saturated heterocycles. The van der Waals surface area contributed by atoms with Gasteiger partial charge in [0.2, 0.25) is 10.0 Å². The third-order valence-electron chi connectivity index (χ3n) is 4.30. The van der Waals surface area contributed by atoms with E-state index in [0.29, 0.717) is 24.7 Å². The third-order valence-corrected chi connectivity index (χ3v) is 6.65. The molecule has 1 aromatic rings. The van der Waals surface area contributed by atoms with Crippen LogP contribution in [0.5, 0.6) is 0 Å². The zero-order valence-electron chi connectivity index (χ0n) is 14.2. The largest absolute Gasteiger partial charge is 0.380 e. The number of aromatic amines is 1. The molecule has 2 heterocycles. The number of sulfonamides is 1. The maximum atomic E-state index is 12.9. The van der Waals surface area contributed by atoms with Crippen LogP contribution in [0.2, 0.25) is 0 Å². The van der Waals surface area contributed by atoms with Crippen molar-refractivity contribution < 1.29 is 13.2 Å². The maximum Gasteiger partial charge on any atom is 0.215 e. The highest BCUT2D eigenvalue weighted by molar-refractivity contribution is 7.89. The standard InChI is InChI=1S/C15H26N4O3S/c1-15(2,3)9-23(20,21)19-8-11(22-4)7-12(19)14-16-13(17-18-14)10-5-6-10/h10-12H,5-9H2,1-4H3,(H,16,17,18)/t11-,12+/m1/s1. The van der Waals surface area contributed by atoms with E-state index >= 15 is 0 Å². The molecule has 0 amide bonds. The van der Waals surface area contributed by atoms with Crippen molar-refractivity contribution in [2.24, 2.45) is 5.41 Å². The van der Waals surface area contributed by atoms with Crippen LogP contribution >= 0.6 is 0 Å². The molecule has 8 heteroatoms. The molecule has 23 heavy (non-hydrogen) atoms. The van der Waals surface area contributed by atoms with E-state index in [0.717, 1.165) is 18.7 Å². The number of nitrogens with one attached hydrogen (secondary N) is 1. The van der Waals surface area contributed by atoms with Crippen LogP contribution in [0.1, 0.15) is 63.6 Å². The summed E-state index contributed by atoms with van der Waals surface area (Å²) in [6.07, 6.45) is 2.74. The molecule has 0 bridgehead atoms. The van der Waals surface area contributed by atoms with Gasteiger partial charge in [0.05, 0.1) is 17.9 Å². The van der Waals surface area contributed by atoms with Gasteiger partial charge in [-0.1, -0.05) is 20.8 Å². The summed E-state index contributed by atoms with van der Waals surface area (Å²) in [5.41, 5.74) is -0.296. The number of hydrogen-bond donors (Lipinski definition) is 1. The molecule has 2 fully saturated rings. The van der Waals surface area contributed by atoms with E-state index in [2.05, 4.69) is 15.2 Å². The molecule has 0 unspecified atom stereocenters. The smallest absolute Gasteiger partial charge is 0.215 e. The summed E-state index contributed by atoms with van der Waals surface area (Å²) in [4.78, 5) is 4.55. The second-order valence-corrected chi connectivity index (χ2v) is 9.77. The molecule has 1 saturated carbocycles. The van der Waals surface area contributed by atoms with Crippen molar-refractivity contribution in [3.05, 3.63) is 11.6 Å². The number of methoxy groups -OCH3 is 1. The average Bonchev–Trinajstić information content (AvgIpc) is 3.00. The minimum absolute atomic E-state index is 0.107. The molecule has 1 aliphatic heterocycles. The lowest BCUT2D eigenvalue weighted by atomic mass is 10.0. The normalized spacial score (nSPS) is 26.8. The van der Waals surface area contributed by atoms with Gasteiger partial charge in [0.15, 0.2) is 5.82 Å². The fourth-order valence-corrected chi connectivity index (χ4v) is 5.31. The average molecular weight is 342 g/mol. The van der Waals surface area contributed by atoms with Gasteiger partial charge in [0.1, 0.15) is 5.82 Å².